The maximum Gasteiger partial charge on any atom is 0.161 e. The van der Waals surface area contributed by atoms with Crippen LogP contribution in [0, 0.1) is 12.7 Å². The third-order valence-electron chi connectivity index (χ3n) is 2.31. The van der Waals surface area contributed by atoms with Gasteiger partial charge in [0.05, 0.1) is 10.5 Å². The molecule has 2 rings (SSSR count). The molecule has 1 N–H and O–H groups in total. The fourth-order valence-electron chi connectivity index (χ4n) is 1.44. The maximum absolute atomic E-state index is 13.2. The Morgan fingerprint density at radius 3 is 2.94 bits per heavy atom. The maximum atomic E-state index is 13.2. The highest BCUT2D eigenvalue weighted by Crippen LogP contribution is 2.26. The minimum Gasteiger partial charge on any atom is -0.335 e. The Hall–Kier alpha value is -0.550. The van der Waals surface area contributed by atoms with Gasteiger partial charge in [0.2, 0.25) is 0 Å². The van der Waals surface area contributed by atoms with Gasteiger partial charge in [0.25, 0.3) is 0 Å². The van der Waals surface area contributed by atoms with Gasteiger partial charge < -0.3 is 5.32 Å². The van der Waals surface area contributed by atoms with Gasteiger partial charge >= 0.3 is 0 Å². The predicted octanol–water partition coefficient (Wildman–Crippen LogP) is 3.80. The van der Waals surface area contributed by atoms with Crippen LogP contribution < -0.4 is 5.32 Å². The topological polar surface area (TPSA) is 24.4 Å². The molecule has 1 heterocycles. The molecule has 1 atom stereocenters. The molecule has 0 bridgehead atoms. The molecular formula is C11H12BrFN2S. The molecule has 0 saturated carbocycles. The summed E-state index contributed by atoms with van der Waals surface area (Å²) in [4.78, 5) is 4.44. The number of nitrogens with zero attached hydrogens (tertiary/aromatic N) is 1. The average Bonchev–Trinajstić information content (AvgIpc) is 2.60. The van der Waals surface area contributed by atoms with E-state index in [0.29, 0.717) is 10.5 Å². The van der Waals surface area contributed by atoms with Gasteiger partial charge in [-0.1, -0.05) is 11.8 Å². The molecule has 0 aliphatic carbocycles. The van der Waals surface area contributed by atoms with Crippen LogP contribution in [0.5, 0.6) is 0 Å². The van der Waals surface area contributed by atoms with Crippen molar-refractivity contribution >= 4 is 38.5 Å². The minimum atomic E-state index is -0.238. The van der Waals surface area contributed by atoms with Crippen LogP contribution in [0.25, 0.3) is 0 Å². The van der Waals surface area contributed by atoms with Gasteiger partial charge in [-0.05, 0) is 47.5 Å². The molecule has 0 aromatic heterocycles. The summed E-state index contributed by atoms with van der Waals surface area (Å²) in [6.45, 7) is 3.95. The smallest absolute Gasteiger partial charge is 0.161 e. The normalized spacial score (nSPS) is 19.8. The predicted molar refractivity (Wildman–Crippen MR) is 71.8 cm³/mol. The number of thioether (sulfide) groups is 1. The van der Waals surface area contributed by atoms with Crippen molar-refractivity contribution in [3.05, 3.63) is 28.0 Å². The number of aliphatic imine (C=N–C) groups is 1. The van der Waals surface area contributed by atoms with E-state index in [9.17, 15) is 4.39 Å². The quantitative estimate of drug-likeness (QED) is 0.853. The molecule has 0 spiro atoms. The second-order valence-corrected chi connectivity index (χ2v) is 5.66. The fraction of sp³-hybridized carbons (Fsp3) is 0.364. The summed E-state index contributed by atoms with van der Waals surface area (Å²) in [5.41, 5.74) is 1.78. The molecule has 2 nitrogen and oxygen atoms in total. The third-order valence-corrected chi connectivity index (χ3v) is 4.05. The van der Waals surface area contributed by atoms with Crippen molar-refractivity contribution < 1.29 is 4.39 Å². The highest BCUT2D eigenvalue weighted by molar-refractivity contribution is 9.10. The Morgan fingerprint density at radius 2 is 2.31 bits per heavy atom. The molecule has 1 aliphatic heterocycles. The van der Waals surface area contributed by atoms with Crippen LogP contribution >= 0.6 is 27.7 Å². The number of hydrogen-bond donors (Lipinski definition) is 1. The highest BCUT2D eigenvalue weighted by atomic mass is 79.9. The van der Waals surface area contributed by atoms with E-state index in [2.05, 4.69) is 33.2 Å². The zero-order chi connectivity index (χ0) is 11.7. The molecule has 5 heteroatoms. The summed E-state index contributed by atoms with van der Waals surface area (Å²) < 4.78 is 13.7. The SMILES string of the molecule is Cc1cc(F)c(Br)cc1NC1=NC(C)CS1. The lowest BCUT2D eigenvalue weighted by Gasteiger charge is -2.09. The molecule has 16 heavy (non-hydrogen) atoms. The summed E-state index contributed by atoms with van der Waals surface area (Å²) in [6, 6.07) is 3.61. The Morgan fingerprint density at radius 1 is 1.56 bits per heavy atom. The number of nitrogens with one attached hydrogen (secondary N) is 1. The van der Waals surface area contributed by atoms with Crippen molar-refractivity contribution in [2.75, 3.05) is 11.1 Å². The number of hydrogen-bond acceptors (Lipinski definition) is 3. The van der Waals surface area contributed by atoms with Crippen molar-refractivity contribution in [3.63, 3.8) is 0 Å². The van der Waals surface area contributed by atoms with Crippen LogP contribution in [0.3, 0.4) is 0 Å². The first-order chi connectivity index (χ1) is 7.56. The molecule has 0 saturated heterocycles. The molecule has 1 aromatic carbocycles. The molecule has 1 aliphatic rings. The third kappa shape index (κ3) is 2.58. The van der Waals surface area contributed by atoms with Crippen LogP contribution in [0.15, 0.2) is 21.6 Å². The number of amidine groups is 1. The van der Waals surface area contributed by atoms with Gasteiger partial charge in [-0.2, -0.15) is 0 Å². The summed E-state index contributed by atoms with van der Waals surface area (Å²) in [5.74, 6) is 0.765. The second kappa shape index (κ2) is 4.75. The van der Waals surface area contributed by atoms with E-state index in [1.54, 1.807) is 17.8 Å². The van der Waals surface area contributed by atoms with Crippen LogP contribution in [0.2, 0.25) is 0 Å². The molecule has 1 aromatic rings. The van der Waals surface area contributed by atoms with E-state index in [-0.39, 0.29) is 5.82 Å². The van der Waals surface area contributed by atoms with E-state index < -0.39 is 0 Å². The lowest BCUT2D eigenvalue weighted by atomic mass is 10.2. The zero-order valence-corrected chi connectivity index (χ0v) is 11.5. The Labute approximate surface area is 107 Å². The van der Waals surface area contributed by atoms with Crippen LogP contribution in [0.1, 0.15) is 12.5 Å². The van der Waals surface area contributed by atoms with Gasteiger partial charge in [0, 0.05) is 11.4 Å². The van der Waals surface area contributed by atoms with E-state index in [4.69, 9.17) is 0 Å². The second-order valence-electron chi connectivity index (χ2n) is 3.80. The number of aryl methyl sites for hydroxylation is 1. The van der Waals surface area contributed by atoms with E-state index >= 15 is 0 Å². The number of halogens is 2. The molecule has 0 radical (unpaired) electrons. The minimum absolute atomic E-state index is 0.238. The number of rotatable bonds is 1. The first-order valence-electron chi connectivity index (χ1n) is 4.99. The first-order valence-corrected chi connectivity index (χ1v) is 6.77. The van der Waals surface area contributed by atoms with Crippen molar-refractivity contribution in [1.82, 2.24) is 0 Å². The van der Waals surface area contributed by atoms with Gasteiger partial charge in [-0.25, -0.2) is 4.39 Å². The Kier molecular flexibility index (Phi) is 3.54. The Bertz CT molecular complexity index is 448. The highest BCUT2D eigenvalue weighted by Gasteiger charge is 2.15. The van der Waals surface area contributed by atoms with Gasteiger partial charge in [-0.3, -0.25) is 4.99 Å². The summed E-state index contributed by atoms with van der Waals surface area (Å²) in [7, 11) is 0. The molecular weight excluding hydrogens is 291 g/mol. The van der Waals surface area contributed by atoms with E-state index in [0.717, 1.165) is 22.2 Å². The van der Waals surface area contributed by atoms with E-state index in [1.165, 1.54) is 6.07 Å². The van der Waals surface area contributed by atoms with Gasteiger partial charge in [0.1, 0.15) is 5.82 Å². The monoisotopic (exact) mass is 302 g/mol. The molecule has 0 fully saturated rings. The molecule has 0 amide bonds. The molecule has 1 unspecified atom stereocenters. The molecule has 86 valence electrons. The lowest BCUT2D eigenvalue weighted by Crippen LogP contribution is -2.06. The van der Waals surface area contributed by atoms with Crippen molar-refractivity contribution in [3.8, 4) is 0 Å². The fourth-order valence-corrected chi connectivity index (χ4v) is 2.69. The number of anilines is 1. The summed E-state index contributed by atoms with van der Waals surface area (Å²) in [6.07, 6.45) is 0. The summed E-state index contributed by atoms with van der Waals surface area (Å²) >= 11 is 4.87. The van der Waals surface area contributed by atoms with Crippen LogP contribution in [-0.2, 0) is 0 Å². The number of benzene rings is 1. The van der Waals surface area contributed by atoms with Gasteiger partial charge in [0.15, 0.2) is 5.17 Å². The van der Waals surface area contributed by atoms with Crippen LogP contribution in [-0.4, -0.2) is 17.0 Å². The lowest BCUT2D eigenvalue weighted by molar-refractivity contribution is 0.620. The standard InChI is InChI=1S/C11H12BrFN2S/c1-6-3-9(13)8(12)4-10(6)15-11-14-7(2)5-16-11/h3-4,7H,5H2,1-2H3,(H,14,15). The average molecular weight is 303 g/mol. The van der Waals surface area contributed by atoms with Crippen molar-refractivity contribution in [2.24, 2.45) is 4.99 Å². The first kappa shape index (κ1) is 11.9. The van der Waals surface area contributed by atoms with Crippen molar-refractivity contribution in [1.29, 1.82) is 0 Å². The van der Waals surface area contributed by atoms with E-state index in [1.807, 2.05) is 6.92 Å². The van der Waals surface area contributed by atoms with Crippen molar-refractivity contribution in [2.45, 2.75) is 19.9 Å². The van der Waals surface area contributed by atoms with Crippen LogP contribution in [0.4, 0.5) is 10.1 Å². The largest absolute Gasteiger partial charge is 0.335 e. The zero-order valence-electron chi connectivity index (χ0n) is 9.05. The van der Waals surface area contributed by atoms with Gasteiger partial charge in [-0.15, -0.1) is 0 Å². The Balaban J connectivity index is 2.22. The summed E-state index contributed by atoms with van der Waals surface area (Å²) in [5, 5.41) is 4.14.